The first-order valence-electron chi connectivity index (χ1n) is 8.99. The Morgan fingerprint density at radius 3 is 2.44 bits per heavy atom. The number of aromatic nitrogens is 3. The van der Waals surface area contributed by atoms with Gasteiger partial charge in [-0.05, 0) is 49.2 Å². The first-order chi connectivity index (χ1) is 13.2. The van der Waals surface area contributed by atoms with E-state index in [1.807, 2.05) is 61.3 Å². The molecule has 1 amide bonds. The average molecular weight is 361 g/mol. The predicted molar refractivity (Wildman–Crippen MR) is 107 cm³/mol. The number of carbonyl (C=O) groups excluding carboxylic acids is 1. The summed E-state index contributed by atoms with van der Waals surface area (Å²) in [4.78, 5) is 29.5. The highest BCUT2D eigenvalue weighted by atomic mass is 16.2. The Kier molecular flexibility index (Phi) is 6.10. The van der Waals surface area contributed by atoms with Crippen LogP contribution < -0.4 is 9.80 Å². The lowest BCUT2D eigenvalue weighted by Crippen LogP contribution is -2.32. The van der Waals surface area contributed by atoms with Crippen LogP contribution in [0.25, 0.3) is 0 Å². The lowest BCUT2D eigenvalue weighted by Gasteiger charge is -2.22. The summed E-state index contributed by atoms with van der Waals surface area (Å²) in [5.41, 5.74) is 2.45. The number of para-hydroxylation sites is 1. The second kappa shape index (κ2) is 8.89. The van der Waals surface area contributed by atoms with Gasteiger partial charge in [-0.2, -0.15) is 0 Å². The number of carbonyl (C=O) groups is 1. The molecule has 138 valence electrons. The van der Waals surface area contributed by atoms with Gasteiger partial charge in [0.05, 0.1) is 0 Å². The molecule has 0 aliphatic heterocycles. The van der Waals surface area contributed by atoms with Crippen LogP contribution in [-0.2, 0) is 6.42 Å². The molecule has 2 aromatic heterocycles. The van der Waals surface area contributed by atoms with E-state index in [1.165, 1.54) is 5.56 Å². The number of nitrogens with zero attached hydrogens (tertiary/aromatic N) is 5. The fourth-order valence-corrected chi connectivity index (χ4v) is 2.79. The van der Waals surface area contributed by atoms with Gasteiger partial charge in [-0.3, -0.25) is 9.78 Å². The third-order valence-electron chi connectivity index (χ3n) is 4.32. The Morgan fingerprint density at radius 1 is 1.00 bits per heavy atom. The monoisotopic (exact) mass is 361 g/mol. The summed E-state index contributed by atoms with van der Waals surface area (Å²) in [5, 5.41) is 0. The molecule has 2 heterocycles. The first kappa shape index (κ1) is 18.5. The van der Waals surface area contributed by atoms with Crippen LogP contribution in [0.15, 0.2) is 67.1 Å². The van der Waals surface area contributed by atoms with E-state index < -0.39 is 0 Å². The second-order valence-electron chi connectivity index (χ2n) is 6.15. The molecule has 0 fully saturated rings. The van der Waals surface area contributed by atoms with Crippen molar-refractivity contribution in [1.82, 2.24) is 15.0 Å². The van der Waals surface area contributed by atoms with Crippen molar-refractivity contribution < 1.29 is 4.79 Å². The number of pyridine rings is 1. The van der Waals surface area contributed by atoms with Crippen molar-refractivity contribution in [2.75, 3.05) is 29.9 Å². The van der Waals surface area contributed by atoms with E-state index in [2.05, 4.69) is 15.0 Å². The van der Waals surface area contributed by atoms with Crippen LogP contribution in [0.2, 0.25) is 0 Å². The van der Waals surface area contributed by atoms with Gasteiger partial charge in [0.1, 0.15) is 5.69 Å². The third-order valence-corrected chi connectivity index (χ3v) is 4.32. The van der Waals surface area contributed by atoms with E-state index >= 15 is 0 Å². The molecule has 0 spiro atoms. The Labute approximate surface area is 159 Å². The van der Waals surface area contributed by atoms with Crippen LogP contribution in [0.5, 0.6) is 0 Å². The number of benzene rings is 1. The van der Waals surface area contributed by atoms with Crippen molar-refractivity contribution in [3.8, 4) is 0 Å². The Morgan fingerprint density at radius 2 is 1.74 bits per heavy atom. The molecule has 0 saturated carbocycles. The molecule has 0 aliphatic rings. The van der Waals surface area contributed by atoms with Crippen LogP contribution in [0.3, 0.4) is 0 Å². The lowest BCUT2D eigenvalue weighted by atomic mass is 10.2. The van der Waals surface area contributed by atoms with Gasteiger partial charge in [0.2, 0.25) is 5.95 Å². The van der Waals surface area contributed by atoms with Crippen molar-refractivity contribution in [2.24, 2.45) is 0 Å². The molecule has 3 rings (SSSR count). The largest absolute Gasteiger partial charge is 0.344 e. The van der Waals surface area contributed by atoms with Crippen molar-refractivity contribution >= 4 is 17.5 Å². The van der Waals surface area contributed by atoms with Gasteiger partial charge in [-0.15, -0.1) is 0 Å². The molecule has 0 atom stereocenters. The van der Waals surface area contributed by atoms with Crippen LogP contribution in [-0.4, -0.2) is 41.0 Å². The molecule has 0 saturated heterocycles. The van der Waals surface area contributed by atoms with E-state index in [-0.39, 0.29) is 5.91 Å². The summed E-state index contributed by atoms with van der Waals surface area (Å²) in [6, 6.07) is 15.3. The number of anilines is 2. The van der Waals surface area contributed by atoms with E-state index in [4.69, 9.17) is 0 Å². The van der Waals surface area contributed by atoms with Crippen LogP contribution in [0.4, 0.5) is 11.6 Å². The van der Waals surface area contributed by atoms with Gasteiger partial charge < -0.3 is 9.80 Å². The topological polar surface area (TPSA) is 62.2 Å². The van der Waals surface area contributed by atoms with Crippen molar-refractivity contribution in [3.05, 3.63) is 78.4 Å². The molecular formula is C21H23N5O. The number of likely N-dealkylation sites (N-methyl/N-ethyl adjacent to an activating group) is 1. The number of hydrogen-bond donors (Lipinski definition) is 0. The molecule has 0 radical (unpaired) electrons. The highest BCUT2D eigenvalue weighted by Crippen LogP contribution is 2.16. The predicted octanol–water partition coefficient (Wildman–Crippen LogP) is 3.22. The molecule has 0 N–H and O–H groups in total. The summed E-state index contributed by atoms with van der Waals surface area (Å²) in [6.45, 7) is 3.27. The SMILES string of the molecule is CCN(C(=O)c1ccnc(N(C)CCc2ccncc2)n1)c1ccccc1. The standard InChI is InChI=1S/C21H23N5O/c1-3-26(18-7-5-4-6-8-18)20(27)19-11-15-23-21(24-19)25(2)16-12-17-9-13-22-14-10-17/h4-11,13-15H,3,12,16H2,1-2H3. The lowest BCUT2D eigenvalue weighted by molar-refractivity contribution is 0.0983. The highest BCUT2D eigenvalue weighted by Gasteiger charge is 2.18. The van der Waals surface area contributed by atoms with E-state index in [0.29, 0.717) is 18.2 Å². The summed E-state index contributed by atoms with van der Waals surface area (Å²) in [7, 11) is 1.93. The maximum Gasteiger partial charge on any atom is 0.277 e. The van der Waals surface area contributed by atoms with Gasteiger partial charge in [0.15, 0.2) is 0 Å². The van der Waals surface area contributed by atoms with Gasteiger partial charge in [0, 0.05) is 44.4 Å². The molecule has 0 aliphatic carbocycles. The first-order valence-corrected chi connectivity index (χ1v) is 8.99. The summed E-state index contributed by atoms with van der Waals surface area (Å²) in [5.74, 6) is 0.411. The average Bonchev–Trinajstić information content (AvgIpc) is 2.74. The Balaban J connectivity index is 1.73. The summed E-state index contributed by atoms with van der Waals surface area (Å²) < 4.78 is 0. The van der Waals surface area contributed by atoms with Crippen LogP contribution >= 0.6 is 0 Å². The fraction of sp³-hybridized carbons (Fsp3) is 0.238. The van der Waals surface area contributed by atoms with E-state index in [9.17, 15) is 4.79 Å². The van der Waals surface area contributed by atoms with Crippen molar-refractivity contribution in [1.29, 1.82) is 0 Å². The van der Waals surface area contributed by atoms with Gasteiger partial charge in [0.25, 0.3) is 5.91 Å². The molecular weight excluding hydrogens is 338 g/mol. The van der Waals surface area contributed by atoms with Crippen LogP contribution in [0, 0.1) is 0 Å². The zero-order chi connectivity index (χ0) is 19.1. The molecule has 6 heteroatoms. The maximum absolute atomic E-state index is 12.9. The van der Waals surface area contributed by atoms with Gasteiger partial charge in [-0.25, -0.2) is 9.97 Å². The minimum Gasteiger partial charge on any atom is -0.344 e. The Bertz CT molecular complexity index is 870. The van der Waals surface area contributed by atoms with E-state index in [0.717, 1.165) is 18.7 Å². The quantitative estimate of drug-likeness (QED) is 0.647. The molecule has 1 aromatic carbocycles. The van der Waals surface area contributed by atoms with Crippen molar-refractivity contribution in [2.45, 2.75) is 13.3 Å². The van der Waals surface area contributed by atoms with Gasteiger partial charge >= 0.3 is 0 Å². The highest BCUT2D eigenvalue weighted by molar-refractivity contribution is 6.04. The molecule has 3 aromatic rings. The van der Waals surface area contributed by atoms with Crippen molar-refractivity contribution in [3.63, 3.8) is 0 Å². The third kappa shape index (κ3) is 4.67. The molecule has 6 nitrogen and oxygen atoms in total. The number of rotatable bonds is 7. The smallest absolute Gasteiger partial charge is 0.277 e. The van der Waals surface area contributed by atoms with Gasteiger partial charge in [-0.1, -0.05) is 18.2 Å². The minimum atomic E-state index is -0.130. The zero-order valence-electron chi connectivity index (χ0n) is 15.6. The minimum absolute atomic E-state index is 0.130. The molecule has 27 heavy (non-hydrogen) atoms. The summed E-state index contributed by atoms with van der Waals surface area (Å²) in [6.07, 6.45) is 6.06. The fourth-order valence-electron chi connectivity index (χ4n) is 2.79. The number of hydrogen-bond acceptors (Lipinski definition) is 5. The summed E-state index contributed by atoms with van der Waals surface area (Å²) >= 11 is 0. The van der Waals surface area contributed by atoms with Crippen LogP contribution in [0.1, 0.15) is 23.0 Å². The van der Waals surface area contributed by atoms with E-state index in [1.54, 1.807) is 29.6 Å². The Hall–Kier alpha value is -3.28. The maximum atomic E-state index is 12.9. The second-order valence-corrected chi connectivity index (χ2v) is 6.15. The molecule has 0 unspecified atom stereocenters. The number of amides is 1. The molecule has 0 bridgehead atoms. The normalized spacial score (nSPS) is 10.4. The zero-order valence-corrected chi connectivity index (χ0v) is 15.6.